The molecule has 2 aromatic rings. The molecule has 8 heteroatoms. The van der Waals surface area contributed by atoms with E-state index in [9.17, 15) is 8.42 Å². The zero-order valence-corrected chi connectivity index (χ0v) is 11.4. The molecule has 0 aromatic carbocycles. The second kappa shape index (κ2) is 5.54. The third-order valence-corrected chi connectivity index (χ3v) is 3.57. The normalized spacial score (nSPS) is 13.6. The lowest BCUT2D eigenvalue weighted by atomic mass is 10.2. The highest BCUT2D eigenvalue weighted by molar-refractivity contribution is 7.90. The summed E-state index contributed by atoms with van der Waals surface area (Å²) >= 11 is 0. The first kappa shape index (κ1) is 13.8. The van der Waals surface area contributed by atoms with Crippen LogP contribution in [-0.2, 0) is 16.4 Å². The summed E-state index contributed by atoms with van der Waals surface area (Å²) in [6.45, 7) is 0.495. The van der Waals surface area contributed by atoms with Crippen molar-refractivity contribution in [2.24, 2.45) is 5.73 Å². The number of nitrogens with zero attached hydrogens (tertiary/aromatic N) is 3. The van der Waals surface area contributed by atoms with Crippen LogP contribution in [0.1, 0.15) is 24.2 Å². The van der Waals surface area contributed by atoms with Gasteiger partial charge < -0.3 is 14.8 Å². The molecule has 0 aliphatic heterocycles. The maximum absolute atomic E-state index is 11.1. The Bertz CT molecular complexity index is 618. The van der Waals surface area contributed by atoms with Gasteiger partial charge in [-0.1, -0.05) is 5.16 Å². The van der Waals surface area contributed by atoms with E-state index in [2.05, 4.69) is 10.1 Å². The fraction of sp³-hybridized carbons (Fsp3) is 0.455. The van der Waals surface area contributed by atoms with Gasteiger partial charge in [-0.15, -0.1) is 0 Å². The van der Waals surface area contributed by atoms with Crippen molar-refractivity contribution in [3.63, 3.8) is 0 Å². The van der Waals surface area contributed by atoms with E-state index in [-0.39, 0.29) is 18.1 Å². The Labute approximate surface area is 111 Å². The van der Waals surface area contributed by atoms with Crippen molar-refractivity contribution < 1.29 is 12.9 Å². The van der Waals surface area contributed by atoms with Gasteiger partial charge in [0.25, 0.3) is 0 Å². The Morgan fingerprint density at radius 1 is 1.42 bits per heavy atom. The van der Waals surface area contributed by atoms with Crippen LogP contribution in [0.5, 0.6) is 0 Å². The molecule has 0 bridgehead atoms. The maximum atomic E-state index is 11.1. The first-order chi connectivity index (χ1) is 8.94. The lowest BCUT2D eigenvalue weighted by Crippen LogP contribution is -2.16. The summed E-state index contributed by atoms with van der Waals surface area (Å²) in [7, 11) is -3.04. The molecular weight excluding hydrogens is 268 g/mol. The quantitative estimate of drug-likeness (QED) is 0.821. The van der Waals surface area contributed by atoms with Gasteiger partial charge in [-0.05, 0) is 18.6 Å². The number of nitrogens with two attached hydrogens (primary N) is 1. The van der Waals surface area contributed by atoms with E-state index in [1.807, 2.05) is 29.1 Å². The monoisotopic (exact) mass is 284 g/mol. The molecule has 2 aromatic heterocycles. The lowest BCUT2D eigenvalue weighted by Gasteiger charge is -2.04. The molecule has 0 aliphatic carbocycles. The largest absolute Gasteiger partial charge is 0.347 e. The fourth-order valence-electron chi connectivity index (χ4n) is 1.59. The molecule has 0 saturated carbocycles. The van der Waals surface area contributed by atoms with E-state index in [4.69, 9.17) is 10.3 Å². The van der Waals surface area contributed by atoms with E-state index >= 15 is 0 Å². The van der Waals surface area contributed by atoms with Crippen LogP contribution in [0.4, 0.5) is 0 Å². The number of rotatable bonds is 6. The zero-order chi connectivity index (χ0) is 13.9. The van der Waals surface area contributed by atoms with E-state index in [1.54, 1.807) is 0 Å². The zero-order valence-electron chi connectivity index (χ0n) is 10.6. The van der Waals surface area contributed by atoms with Gasteiger partial charge in [0.15, 0.2) is 5.82 Å². The Morgan fingerprint density at radius 2 is 2.11 bits per heavy atom. The molecule has 0 radical (unpaired) electrons. The number of hydrogen-bond donors (Lipinski definition) is 1. The van der Waals surface area contributed by atoms with Gasteiger partial charge in [-0.2, -0.15) is 4.98 Å². The van der Waals surface area contributed by atoms with Gasteiger partial charge in [0.05, 0.1) is 18.3 Å². The molecule has 2 heterocycles. The minimum Gasteiger partial charge on any atom is -0.347 e. The van der Waals surface area contributed by atoms with E-state index in [0.29, 0.717) is 12.4 Å². The van der Waals surface area contributed by atoms with E-state index in [1.165, 1.54) is 6.26 Å². The van der Waals surface area contributed by atoms with Crippen LogP contribution in [0.25, 0.3) is 0 Å². The highest BCUT2D eigenvalue weighted by Crippen LogP contribution is 2.13. The predicted molar refractivity (Wildman–Crippen MR) is 69.1 cm³/mol. The molecule has 0 aliphatic rings. The van der Waals surface area contributed by atoms with Crippen molar-refractivity contribution in [1.29, 1.82) is 0 Å². The summed E-state index contributed by atoms with van der Waals surface area (Å²) in [6, 6.07) is 3.25. The topological polar surface area (TPSA) is 104 Å². The van der Waals surface area contributed by atoms with Gasteiger partial charge in [-0.3, -0.25) is 0 Å². The third kappa shape index (κ3) is 4.18. The van der Waals surface area contributed by atoms with Crippen molar-refractivity contribution >= 4 is 9.84 Å². The maximum Gasteiger partial charge on any atom is 0.243 e. The van der Waals surface area contributed by atoms with Gasteiger partial charge in [0.1, 0.15) is 9.84 Å². The summed E-state index contributed by atoms with van der Waals surface area (Å²) in [5.74, 6) is 0.788. The molecule has 0 unspecified atom stereocenters. The molecule has 0 saturated heterocycles. The Hall–Kier alpha value is -1.67. The highest BCUT2D eigenvalue weighted by atomic mass is 32.2. The number of hydrogen-bond acceptors (Lipinski definition) is 6. The predicted octanol–water partition coefficient (Wildman–Crippen LogP) is 0.354. The fourth-order valence-corrected chi connectivity index (χ4v) is 2.27. The van der Waals surface area contributed by atoms with Gasteiger partial charge in [0, 0.05) is 18.6 Å². The first-order valence-electron chi connectivity index (χ1n) is 5.80. The molecule has 19 heavy (non-hydrogen) atoms. The van der Waals surface area contributed by atoms with Crippen molar-refractivity contribution in [1.82, 2.24) is 14.7 Å². The van der Waals surface area contributed by atoms with Crippen molar-refractivity contribution in [2.75, 3.05) is 12.0 Å². The molecule has 1 atom stereocenters. The van der Waals surface area contributed by atoms with Crippen LogP contribution in [0.3, 0.4) is 0 Å². The van der Waals surface area contributed by atoms with Crippen LogP contribution < -0.4 is 5.73 Å². The van der Waals surface area contributed by atoms with E-state index < -0.39 is 15.9 Å². The van der Waals surface area contributed by atoms with Crippen molar-refractivity contribution in [3.05, 3.63) is 36.2 Å². The molecule has 2 rings (SSSR count). The number of sulfone groups is 1. The van der Waals surface area contributed by atoms with Crippen molar-refractivity contribution in [2.45, 2.75) is 19.0 Å². The Morgan fingerprint density at radius 3 is 2.74 bits per heavy atom. The van der Waals surface area contributed by atoms with Gasteiger partial charge in [-0.25, -0.2) is 8.42 Å². The van der Waals surface area contributed by atoms with Crippen molar-refractivity contribution in [3.8, 4) is 0 Å². The first-order valence-corrected chi connectivity index (χ1v) is 7.86. The third-order valence-electron chi connectivity index (χ3n) is 2.59. The molecule has 0 amide bonds. The average Bonchev–Trinajstić information content (AvgIpc) is 2.97. The molecular formula is C11H16N4O3S. The summed E-state index contributed by atoms with van der Waals surface area (Å²) in [4.78, 5) is 4.17. The SMILES string of the molecule is CS(=O)(=O)CC[C@H](N)c1nc(Cn2cccc2)no1. The molecule has 7 nitrogen and oxygen atoms in total. The smallest absolute Gasteiger partial charge is 0.243 e. The van der Waals surface area contributed by atoms with Crippen LogP contribution in [0.15, 0.2) is 29.0 Å². The minimum absolute atomic E-state index is 0.00345. The average molecular weight is 284 g/mol. The lowest BCUT2D eigenvalue weighted by molar-refractivity contribution is 0.347. The van der Waals surface area contributed by atoms with Gasteiger partial charge >= 0.3 is 0 Å². The molecule has 0 spiro atoms. The molecule has 2 N–H and O–H groups in total. The van der Waals surface area contributed by atoms with Crippen LogP contribution in [0, 0.1) is 0 Å². The van der Waals surface area contributed by atoms with Crippen LogP contribution in [0.2, 0.25) is 0 Å². The van der Waals surface area contributed by atoms with Gasteiger partial charge in [0.2, 0.25) is 5.89 Å². The molecule has 104 valence electrons. The van der Waals surface area contributed by atoms with Crippen LogP contribution in [-0.4, -0.2) is 35.1 Å². The Kier molecular flexibility index (Phi) is 4.01. The minimum atomic E-state index is -3.04. The summed E-state index contributed by atoms with van der Waals surface area (Å²) < 4.78 is 29.1. The highest BCUT2D eigenvalue weighted by Gasteiger charge is 2.16. The number of aromatic nitrogens is 3. The second-order valence-corrected chi connectivity index (χ2v) is 6.69. The summed E-state index contributed by atoms with van der Waals surface area (Å²) in [5, 5.41) is 3.82. The summed E-state index contributed by atoms with van der Waals surface area (Å²) in [5.41, 5.74) is 5.82. The van der Waals surface area contributed by atoms with E-state index in [0.717, 1.165) is 0 Å². The second-order valence-electron chi connectivity index (χ2n) is 4.43. The molecule has 0 fully saturated rings. The Balaban J connectivity index is 1.96. The summed E-state index contributed by atoms with van der Waals surface area (Å²) in [6.07, 6.45) is 5.22. The standard InChI is InChI=1S/C11H16N4O3S/c1-19(16,17)7-4-9(12)11-13-10(14-18-11)8-15-5-2-3-6-15/h2-3,5-6,9H,4,7-8,12H2,1H3/t9-/m0/s1. The van der Waals surface area contributed by atoms with Crippen LogP contribution >= 0.6 is 0 Å².